The molecule has 0 spiro atoms. The van der Waals surface area contributed by atoms with Crippen LogP contribution in [-0.4, -0.2) is 14.6 Å². The largest absolute Gasteiger partial charge is 0.294 e. The van der Waals surface area contributed by atoms with Crippen LogP contribution in [0.15, 0.2) is 36.0 Å². The molecule has 0 fully saturated rings. The van der Waals surface area contributed by atoms with Gasteiger partial charge in [0.25, 0.3) is 0 Å². The highest BCUT2D eigenvalue weighted by molar-refractivity contribution is 14.1. The van der Waals surface area contributed by atoms with Crippen molar-refractivity contribution in [2.24, 2.45) is 0 Å². The molecule has 3 rings (SSSR count). The molecule has 0 bridgehead atoms. The second kappa shape index (κ2) is 3.63. The Hall–Kier alpha value is -0.760. The maximum Gasteiger partial charge on any atom is 0.190 e. The molecule has 6 heteroatoms. The molecule has 3 heterocycles. The molecule has 82 valence electrons. The number of pyridine rings is 1. The summed E-state index contributed by atoms with van der Waals surface area (Å²) in [4.78, 5) is 8.48. The van der Waals surface area contributed by atoms with Crippen molar-refractivity contribution in [3.63, 3.8) is 0 Å². The maximum absolute atomic E-state index is 4.29. The van der Waals surface area contributed by atoms with Crippen molar-refractivity contribution in [2.45, 2.75) is 15.0 Å². The Balaban J connectivity index is 2.03. The van der Waals surface area contributed by atoms with E-state index in [1.807, 2.05) is 29.3 Å². The Labute approximate surface area is 111 Å². The summed E-state index contributed by atoms with van der Waals surface area (Å²) in [5.41, 5.74) is 5.83. The number of thioether (sulfide) groups is 1. The van der Waals surface area contributed by atoms with Crippen molar-refractivity contribution in [1.82, 2.24) is 14.6 Å². The smallest absolute Gasteiger partial charge is 0.190 e. The van der Waals surface area contributed by atoms with Crippen LogP contribution < -0.4 is 5.43 Å². The molecule has 1 aliphatic rings. The van der Waals surface area contributed by atoms with Crippen LogP contribution in [0, 0.1) is 6.92 Å². The molecule has 0 radical (unpaired) electrons. The first-order valence-corrected chi connectivity index (χ1v) is 6.69. The van der Waals surface area contributed by atoms with Gasteiger partial charge in [0.15, 0.2) is 8.03 Å². The fraction of sp³-hybridized carbons (Fsp3) is 0.200. The first kappa shape index (κ1) is 10.4. The van der Waals surface area contributed by atoms with Gasteiger partial charge in [-0.15, -0.1) is 0 Å². The summed E-state index contributed by atoms with van der Waals surface area (Å²) in [6.45, 7) is 2.10. The molecule has 4 nitrogen and oxygen atoms in total. The van der Waals surface area contributed by atoms with Crippen molar-refractivity contribution in [2.75, 3.05) is 5.43 Å². The van der Waals surface area contributed by atoms with E-state index in [1.54, 1.807) is 18.0 Å². The zero-order chi connectivity index (χ0) is 11.2. The van der Waals surface area contributed by atoms with Gasteiger partial charge in [0, 0.05) is 30.4 Å². The quantitative estimate of drug-likeness (QED) is 0.490. The number of aryl methyl sites for hydroxylation is 1. The predicted molar refractivity (Wildman–Crippen MR) is 72.1 cm³/mol. The van der Waals surface area contributed by atoms with Crippen molar-refractivity contribution >= 4 is 34.4 Å². The topological polar surface area (TPSA) is 42.7 Å². The summed E-state index contributed by atoms with van der Waals surface area (Å²) < 4.78 is 1.74. The molecule has 0 saturated heterocycles. The van der Waals surface area contributed by atoms with Gasteiger partial charge < -0.3 is 0 Å². The van der Waals surface area contributed by atoms with E-state index in [0.717, 1.165) is 5.16 Å². The molecule has 1 unspecified atom stereocenters. The lowest BCUT2D eigenvalue weighted by Gasteiger charge is -2.23. The second-order valence-electron chi connectivity index (χ2n) is 3.58. The highest BCUT2D eigenvalue weighted by atomic mass is 127. The van der Waals surface area contributed by atoms with Gasteiger partial charge in [-0.1, -0.05) is 0 Å². The van der Waals surface area contributed by atoms with E-state index >= 15 is 0 Å². The van der Waals surface area contributed by atoms with E-state index in [1.165, 1.54) is 11.1 Å². The molecule has 0 amide bonds. The number of halogens is 1. The average Bonchev–Trinajstić information content (AvgIpc) is 2.76. The zero-order valence-electron chi connectivity index (χ0n) is 8.51. The average molecular weight is 344 g/mol. The second-order valence-corrected chi connectivity index (χ2v) is 7.11. The minimum Gasteiger partial charge on any atom is -0.294 e. The van der Waals surface area contributed by atoms with Crippen LogP contribution in [0.3, 0.4) is 0 Å². The third kappa shape index (κ3) is 1.51. The van der Waals surface area contributed by atoms with Gasteiger partial charge in [-0.3, -0.25) is 10.4 Å². The number of rotatable bonds is 1. The standard InChI is InChI=1S/C10H9IN4S/c1-7-2-3-12-6-8(7)10(11)14-15-5-4-13-9(15)16-10/h2-6,14H,1H3. The van der Waals surface area contributed by atoms with Crippen LogP contribution in [0.5, 0.6) is 0 Å². The van der Waals surface area contributed by atoms with Gasteiger partial charge in [0.05, 0.1) is 0 Å². The minimum absolute atomic E-state index is 0.209. The molecular formula is C10H9IN4S. The zero-order valence-corrected chi connectivity index (χ0v) is 11.5. The third-order valence-electron chi connectivity index (χ3n) is 2.49. The molecule has 1 atom stereocenters. The van der Waals surface area contributed by atoms with Crippen LogP contribution in [0.1, 0.15) is 11.1 Å². The van der Waals surface area contributed by atoms with Gasteiger partial charge in [-0.05, 0) is 52.9 Å². The molecular weight excluding hydrogens is 335 g/mol. The van der Waals surface area contributed by atoms with Crippen molar-refractivity contribution in [3.05, 3.63) is 42.0 Å². The van der Waals surface area contributed by atoms with Crippen molar-refractivity contribution < 1.29 is 0 Å². The molecule has 1 N–H and O–H groups in total. The van der Waals surface area contributed by atoms with Crippen molar-refractivity contribution in [3.8, 4) is 0 Å². The number of nitrogens with one attached hydrogen (secondary N) is 1. The van der Waals surface area contributed by atoms with Gasteiger partial charge in [0.2, 0.25) is 0 Å². The molecule has 2 aromatic heterocycles. The highest BCUT2D eigenvalue weighted by Crippen LogP contribution is 2.49. The van der Waals surface area contributed by atoms with Gasteiger partial charge in [0.1, 0.15) is 0 Å². The van der Waals surface area contributed by atoms with E-state index in [2.05, 4.69) is 44.9 Å². The van der Waals surface area contributed by atoms with Crippen LogP contribution in [0.2, 0.25) is 0 Å². The lowest BCUT2D eigenvalue weighted by molar-refractivity contribution is 0.773. The Kier molecular flexibility index (Phi) is 2.36. The summed E-state index contributed by atoms with van der Waals surface area (Å²) in [5, 5.41) is 0.984. The molecule has 0 saturated carbocycles. The number of nitrogens with zero attached hydrogens (tertiary/aromatic N) is 3. The van der Waals surface area contributed by atoms with Gasteiger partial charge in [-0.25, -0.2) is 9.66 Å². The third-order valence-corrected chi connectivity index (χ3v) is 5.05. The summed E-state index contributed by atoms with van der Waals surface area (Å²) >= 11 is 4.10. The monoisotopic (exact) mass is 344 g/mol. The van der Waals surface area contributed by atoms with Gasteiger partial charge in [-0.2, -0.15) is 0 Å². The SMILES string of the molecule is Cc1ccncc1C1(I)Nn2ccnc2S1. The molecule has 1 aliphatic heterocycles. The van der Waals surface area contributed by atoms with Crippen LogP contribution >= 0.6 is 34.4 Å². The van der Waals surface area contributed by atoms with E-state index < -0.39 is 0 Å². The lowest BCUT2D eigenvalue weighted by Crippen LogP contribution is -2.26. The maximum atomic E-state index is 4.29. The Morgan fingerprint density at radius 3 is 3.12 bits per heavy atom. The number of imidazole rings is 1. The fourth-order valence-electron chi connectivity index (χ4n) is 1.67. The molecule has 2 aromatic rings. The Bertz CT molecular complexity index is 519. The number of hydrogen-bond donors (Lipinski definition) is 1. The van der Waals surface area contributed by atoms with Crippen LogP contribution in [0.25, 0.3) is 0 Å². The van der Waals surface area contributed by atoms with E-state index in [4.69, 9.17) is 0 Å². The highest BCUT2D eigenvalue weighted by Gasteiger charge is 2.39. The number of alkyl halides is 1. The summed E-state index contributed by atoms with van der Waals surface area (Å²) in [5.74, 6) is 0. The van der Waals surface area contributed by atoms with E-state index in [-0.39, 0.29) is 2.88 Å². The first-order chi connectivity index (χ1) is 7.69. The summed E-state index contributed by atoms with van der Waals surface area (Å²) in [7, 11) is 0. The Morgan fingerprint density at radius 2 is 2.38 bits per heavy atom. The molecule has 0 aromatic carbocycles. The number of aromatic nitrogens is 3. The lowest BCUT2D eigenvalue weighted by atomic mass is 10.1. The fourth-order valence-corrected chi connectivity index (χ4v) is 4.12. The number of hydrogen-bond acceptors (Lipinski definition) is 4. The normalized spacial score (nSPS) is 22.9. The minimum atomic E-state index is -0.209. The molecule has 16 heavy (non-hydrogen) atoms. The van der Waals surface area contributed by atoms with E-state index in [0.29, 0.717) is 0 Å². The van der Waals surface area contributed by atoms with Crippen LogP contribution in [0.4, 0.5) is 0 Å². The molecule has 0 aliphatic carbocycles. The Morgan fingerprint density at radius 1 is 1.50 bits per heavy atom. The number of fused-ring (bicyclic) bond motifs is 1. The van der Waals surface area contributed by atoms with Crippen LogP contribution in [-0.2, 0) is 2.88 Å². The van der Waals surface area contributed by atoms with Crippen molar-refractivity contribution in [1.29, 1.82) is 0 Å². The summed E-state index contributed by atoms with van der Waals surface area (Å²) in [6, 6.07) is 2.03. The summed E-state index contributed by atoms with van der Waals surface area (Å²) in [6.07, 6.45) is 7.45. The first-order valence-electron chi connectivity index (χ1n) is 4.79. The van der Waals surface area contributed by atoms with E-state index in [9.17, 15) is 0 Å². The predicted octanol–water partition coefficient (Wildman–Crippen LogP) is 2.48. The van der Waals surface area contributed by atoms with Gasteiger partial charge >= 0.3 is 0 Å².